The van der Waals surface area contributed by atoms with Gasteiger partial charge in [-0.3, -0.25) is 4.79 Å². The van der Waals surface area contributed by atoms with E-state index in [2.05, 4.69) is 0 Å². The van der Waals surface area contributed by atoms with Crippen molar-refractivity contribution in [2.45, 2.75) is 70.7 Å². The number of ketones is 1. The maximum atomic E-state index is 12.2. The molecular weight excluding hydrogens is 352 g/mol. The zero-order valence-corrected chi connectivity index (χ0v) is 17.0. The molecule has 146 valence electrons. The number of sulfone groups is 1. The molecule has 0 radical (unpaired) electrons. The fraction of sp³-hybridized carbons (Fsp3) is 0.650. The number of Topliss-reactive ketones (excluding diaryl/α,β-unsaturated/α-hetero) is 1. The lowest BCUT2D eigenvalue weighted by molar-refractivity contribution is -0.118. The molecule has 0 saturated carbocycles. The largest absolute Gasteiger partial charge is 0.486 e. The van der Waals surface area contributed by atoms with E-state index in [1.165, 1.54) is 0 Å². The number of benzene rings is 1. The molecular formula is C20H30O5S. The molecule has 0 bridgehead atoms. The molecule has 1 aromatic carbocycles. The van der Waals surface area contributed by atoms with Crippen molar-refractivity contribution in [3.05, 3.63) is 23.8 Å². The summed E-state index contributed by atoms with van der Waals surface area (Å²) < 4.78 is 34.7. The van der Waals surface area contributed by atoms with Crippen LogP contribution < -0.4 is 9.47 Å². The summed E-state index contributed by atoms with van der Waals surface area (Å²) in [5.41, 5.74) is 0.918. The summed E-state index contributed by atoms with van der Waals surface area (Å²) in [4.78, 5) is 12.2. The van der Waals surface area contributed by atoms with E-state index in [9.17, 15) is 13.2 Å². The van der Waals surface area contributed by atoms with Crippen molar-refractivity contribution in [2.24, 2.45) is 0 Å². The van der Waals surface area contributed by atoms with Gasteiger partial charge in [0.05, 0.1) is 10.5 Å². The van der Waals surface area contributed by atoms with Crippen LogP contribution in [0.4, 0.5) is 0 Å². The Labute approximate surface area is 157 Å². The first-order valence-corrected chi connectivity index (χ1v) is 10.9. The van der Waals surface area contributed by atoms with Crippen molar-refractivity contribution in [3.63, 3.8) is 0 Å². The molecule has 1 aliphatic rings. The molecule has 0 spiro atoms. The third-order valence-electron chi connectivity index (χ3n) is 4.51. The second kappa shape index (κ2) is 8.42. The summed E-state index contributed by atoms with van der Waals surface area (Å²) in [6.07, 6.45) is 2.93. The minimum atomic E-state index is -3.07. The van der Waals surface area contributed by atoms with Gasteiger partial charge in [-0.15, -0.1) is 0 Å². The van der Waals surface area contributed by atoms with E-state index in [0.717, 1.165) is 24.2 Å². The summed E-state index contributed by atoms with van der Waals surface area (Å²) >= 11 is 0. The first-order valence-electron chi connectivity index (χ1n) is 9.25. The van der Waals surface area contributed by atoms with Gasteiger partial charge in [0.2, 0.25) is 0 Å². The van der Waals surface area contributed by atoms with Crippen molar-refractivity contribution in [1.82, 2.24) is 0 Å². The molecule has 0 N–H and O–H groups in total. The van der Waals surface area contributed by atoms with Crippen molar-refractivity contribution in [3.8, 4) is 11.5 Å². The number of hydrogen-bond donors (Lipinski definition) is 0. The van der Waals surface area contributed by atoms with Crippen LogP contribution in [-0.4, -0.2) is 37.4 Å². The van der Waals surface area contributed by atoms with Gasteiger partial charge in [0.25, 0.3) is 0 Å². The summed E-state index contributed by atoms with van der Waals surface area (Å²) in [5.74, 6) is 1.76. The molecule has 26 heavy (non-hydrogen) atoms. The molecule has 6 heteroatoms. The normalized spacial score (nSPS) is 17.2. The molecule has 0 fully saturated rings. The van der Waals surface area contributed by atoms with E-state index in [1.54, 1.807) is 20.8 Å². The van der Waals surface area contributed by atoms with Crippen molar-refractivity contribution in [2.75, 3.05) is 12.4 Å². The SMILES string of the molecule is CC1COc2ccc(CC(=O)CCCCCS(=O)(=O)C(C)(C)C)cc2O1. The van der Waals surface area contributed by atoms with E-state index in [4.69, 9.17) is 9.47 Å². The molecule has 0 saturated heterocycles. The second-order valence-electron chi connectivity index (χ2n) is 7.98. The summed E-state index contributed by atoms with van der Waals surface area (Å²) in [7, 11) is -3.07. The van der Waals surface area contributed by atoms with Crippen LogP contribution in [0, 0.1) is 0 Å². The highest BCUT2D eigenvalue weighted by Crippen LogP contribution is 2.32. The highest BCUT2D eigenvalue weighted by atomic mass is 32.2. The average Bonchev–Trinajstić information content (AvgIpc) is 2.53. The first kappa shape index (κ1) is 20.7. The summed E-state index contributed by atoms with van der Waals surface area (Å²) in [6.45, 7) is 7.65. The highest BCUT2D eigenvalue weighted by Gasteiger charge is 2.27. The Kier molecular flexibility index (Phi) is 6.72. The van der Waals surface area contributed by atoms with Crippen LogP contribution in [0.5, 0.6) is 11.5 Å². The van der Waals surface area contributed by atoms with Gasteiger partial charge in [-0.05, 0) is 58.2 Å². The quantitative estimate of drug-likeness (QED) is 0.641. The fourth-order valence-corrected chi connectivity index (χ4v) is 3.94. The van der Waals surface area contributed by atoms with Gasteiger partial charge >= 0.3 is 0 Å². The Morgan fingerprint density at radius 3 is 2.58 bits per heavy atom. The maximum absolute atomic E-state index is 12.2. The lowest BCUT2D eigenvalue weighted by atomic mass is 10.0. The molecule has 1 unspecified atom stereocenters. The number of fused-ring (bicyclic) bond motifs is 1. The number of carbonyl (C=O) groups excluding carboxylic acids is 1. The number of carbonyl (C=O) groups is 1. The number of rotatable bonds is 8. The molecule has 1 aromatic rings. The first-order chi connectivity index (χ1) is 12.1. The van der Waals surface area contributed by atoms with Crippen LogP contribution in [-0.2, 0) is 21.1 Å². The molecule has 2 rings (SSSR count). The highest BCUT2D eigenvalue weighted by molar-refractivity contribution is 7.92. The second-order valence-corrected chi connectivity index (χ2v) is 10.8. The van der Waals surface area contributed by atoms with E-state index < -0.39 is 14.6 Å². The minimum Gasteiger partial charge on any atom is -0.486 e. The Hall–Kier alpha value is -1.56. The smallest absolute Gasteiger partial charge is 0.162 e. The van der Waals surface area contributed by atoms with Gasteiger partial charge in [-0.25, -0.2) is 8.42 Å². The predicted molar refractivity (Wildman–Crippen MR) is 103 cm³/mol. The van der Waals surface area contributed by atoms with E-state index >= 15 is 0 Å². The fourth-order valence-electron chi connectivity index (χ4n) is 2.74. The Bertz CT molecular complexity index is 731. The van der Waals surface area contributed by atoms with E-state index in [-0.39, 0.29) is 17.6 Å². The molecule has 1 heterocycles. The van der Waals surface area contributed by atoms with Gasteiger partial charge in [-0.1, -0.05) is 12.5 Å². The van der Waals surface area contributed by atoms with Crippen molar-refractivity contribution >= 4 is 15.6 Å². The molecule has 0 aliphatic carbocycles. The van der Waals surface area contributed by atoms with Crippen LogP contribution in [0.2, 0.25) is 0 Å². The lowest BCUT2D eigenvalue weighted by Crippen LogP contribution is -2.30. The monoisotopic (exact) mass is 382 g/mol. The van der Waals surface area contributed by atoms with Gasteiger partial charge in [0, 0.05) is 12.8 Å². The van der Waals surface area contributed by atoms with E-state index in [1.807, 2.05) is 25.1 Å². The van der Waals surface area contributed by atoms with Gasteiger partial charge in [-0.2, -0.15) is 0 Å². The van der Waals surface area contributed by atoms with Crippen LogP contribution in [0.15, 0.2) is 18.2 Å². The summed E-state index contributed by atoms with van der Waals surface area (Å²) in [6, 6.07) is 5.62. The zero-order chi connectivity index (χ0) is 19.4. The van der Waals surface area contributed by atoms with Crippen LogP contribution in [0.3, 0.4) is 0 Å². The standard InChI is InChI=1S/C20H30O5S/c1-15-14-24-18-10-9-16(13-19(18)25-15)12-17(21)8-6-5-7-11-26(22,23)20(2,3)4/h9-10,13,15H,5-8,11-12,14H2,1-4H3. The molecule has 0 aromatic heterocycles. The molecule has 5 nitrogen and oxygen atoms in total. The van der Waals surface area contributed by atoms with Gasteiger partial charge in [0.1, 0.15) is 18.5 Å². The van der Waals surface area contributed by atoms with Crippen LogP contribution in [0.25, 0.3) is 0 Å². The van der Waals surface area contributed by atoms with Gasteiger partial charge in [0.15, 0.2) is 21.3 Å². The maximum Gasteiger partial charge on any atom is 0.162 e. The lowest BCUT2D eigenvalue weighted by Gasteiger charge is -2.24. The van der Waals surface area contributed by atoms with Gasteiger partial charge < -0.3 is 9.47 Å². The van der Waals surface area contributed by atoms with Crippen LogP contribution >= 0.6 is 0 Å². The van der Waals surface area contributed by atoms with Crippen molar-refractivity contribution in [1.29, 1.82) is 0 Å². The predicted octanol–water partition coefficient (Wildman–Crippen LogP) is 3.73. The molecule has 1 aliphatic heterocycles. The Balaban J connectivity index is 1.74. The number of hydrogen-bond acceptors (Lipinski definition) is 5. The van der Waals surface area contributed by atoms with E-state index in [0.29, 0.717) is 31.6 Å². The third-order valence-corrected chi connectivity index (χ3v) is 7.20. The van der Waals surface area contributed by atoms with Crippen LogP contribution in [0.1, 0.15) is 58.9 Å². The third kappa shape index (κ3) is 5.73. The average molecular weight is 383 g/mol. The topological polar surface area (TPSA) is 69.7 Å². The zero-order valence-electron chi connectivity index (χ0n) is 16.2. The molecule has 0 amide bonds. The number of unbranched alkanes of at least 4 members (excludes halogenated alkanes) is 2. The Morgan fingerprint density at radius 2 is 1.88 bits per heavy atom. The molecule has 1 atom stereocenters. The summed E-state index contributed by atoms with van der Waals surface area (Å²) in [5, 5.41) is 0. The minimum absolute atomic E-state index is 0.0119. The number of ether oxygens (including phenoxy) is 2. The Morgan fingerprint density at radius 1 is 1.15 bits per heavy atom. The van der Waals surface area contributed by atoms with Crippen molar-refractivity contribution < 1.29 is 22.7 Å².